The van der Waals surface area contributed by atoms with E-state index in [1.54, 1.807) is 6.07 Å². The Morgan fingerprint density at radius 1 is 1.40 bits per heavy atom. The maximum absolute atomic E-state index is 12.5. The molecule has 0 bridgehead atoms. The summed E-state index contributed by atoms with van der Waals surface area (Å²) < 4.78 is 1.34. The summed E-state index contributed by atoms with van der Waals surface area (Å²) in [6.45, 7) is 3.82. The minimum atomic E-state index is -0.262. The molecule has 2 heterocycles. The molecule has 5 nitrogen and oxygen atoms in total. The van der Waals surface area contributed by atoms with Crippen molar-refractivity contribution in [1.82, 2.24) is 14.9 Å². The average molecular weight is 376 g/mol. The van der Waals surface area contributed by atoms with Gasteiger partial charge in [0, 0.05) is 9.90 Å². The van der Waals surface area contributed by atoms with Gasteiger partial charge in [-0.3, -0.25) is 14.2 Å². The van der Waals surface area contributed by atoms with E-state index in [4.69, 9.17) is 11.6 Å². The molecule has 25 heavy (non-hydrogen) atoms. The van der Waals surface area contributed by atoms with Crippen LogP contribution < -0.4 is 10.9 Å². The molecular weight excluding hydrogens is 358 g/mol. The van der Waals surface area contributed by atoms with Crippen LogP contribution in [0.25, 0.3) is 10.2 Å². The zero-order chi connectivity index (χ0) is 18.0. The number of amides is 1. The van der Waals surface area contributed by atoms with Gasteiger partial charge in [0.1, 0.15) is 11.4 Å². The summed E-state index contributed by atoms with van der Waals surface area (Å²) in [5.74, 6) is -0.262. The van der Waals surface area contributed by atoms with Crippen molar-refractivity contribution in [2.75, 3.05) is 0 Å². The summed E-state index contributed by atoms with van der Waals surface area (Å²) in [5, 5.41) is 4.03. The van der Waals surface area contributed by atoms with E-state index >= 15 is 0 Å². The van der Waals surface area contributed by atoms with Crippen LogP contribution in [0.1, 0.15) is 30.3 Å². The number of thiophene rings is 1. The van der Waals surface area contributed by atoms with Crippen molar-refractivity contribution >= 4 is 39.1 Å². The van der Waals surface area contributed by atoms with Crippen LogP contribution in [0.5, 0.6) is 0 Å². The second-order valence-corrected chi connectivity index (χ2v) is 7.30. The Bertz CT molecular complexity index is 980. The van der Waals surface area contributed by atoms with Gasteiger partial charge >= 0.3 is 0 Å². The Labute approximate surface area is 154 Å². The number of carbonyl (C=O) groups is 1. The van der Waals surface area contributed by atoms with E-state index in [9.17, 15) is 9.59 Å². The molecule has 0 aliphatic heterocycles. The summed E-state index contributed by atoms with van der Waals surface area (Å²) in [4.78, 5) is 31.0. The second-order valence-electron chi connectivity index (χ2n) is 5.77. The van der Waals surface area contributed by atoms with Gasteiger partial charge in [-0.25, -0.2) is 4.98 Å². The molecule has 3 aromatic rings. The number of benzene rings is 1. The number of hydrogen-bond acceptors (Lipinski definition) is 4. The second kappa shape index (κ2) is 7.37. The number of rotatable bonds is 5. The summed E-state index contributed by atoms with van der Waals surface area (Å²) in [5.41, 5.74) is 0.644. The molecule has 0 radical (unpaired) electrons. The van der Waals surface area contributed by atoms with Crippen molar-refractivity contribution in [2.24, 2.45) is 0 Å². The molecule has 1 N–H and O–H groups in total. The Morgan fingerprint density at radius 2 is 2.16 bits per heavy atom. The van der Waals surface area contributed by atoms with E-state index in [-0.39, 0.29) is 24.1 Å². The minimum Gasteiger partial charge on any atom is -0.348 e. The molecule has 0 saturated carbocycles. The quantitative estimate of drug-likeness (QED) is 0.741. The molecule has 0 aliphatic rings. The fraction of sp³-hybridized carbons (Fsp3) is 0.278. The van der Waals surface area contributed by atoms with Crippen LogP contribution in [-0.2, 0) is 17.8 Å². The number of halogens is 1. The number of aromatic nitrogens is 2. The minimum absolute atomic E-state index is 0.0755. The van der Waals surface area contributed by atoms with Gasteiger partial charge in [-0.15, -0.1) is 11.3 Å². The van der Waals surface area contributed by atoms with Crippen molar-refractivity contribution in [3.05, 3.63) is 62.5 Å². The largest absolute Gasteiger partial charge is 0.348 e. The van der Waals surface area contributed by atoms with Crippen LogP contribution in [0.4, 0.5) is 0 Å². The van der Waals surface area contributed by atoms with Gasteiger partial charge in [0.15, 0.2) is 0 Å². The molecule has 7 heteroatoms. The molecule has 1 amide bonds. The van der Waals surface area contributed by atoms with Crippen LogP contribution in [0, 0.1) is 0 Å². The smallest absolute Gasteiger partial charge is 0.262 e. The summed E-state index contributed by atoms with van der Waals surface area (Å²) >= 11 is 7.66. The highest BCUT2D eigenvalue weighted by atomic mass is 35.5. The fourth-order valence-corrected chi connectivity index (χ4v) is 3.87. The van der Waals surface area contributed by atoms with E-state index < -0.39 is 0 Å². The van der Waals surface area contributed by atoms with E-state index in [2.05, 4.69) is 10.3 Å². The predicted molar refractivity (Wildman–Crippen MR) is 101 cm³/mol. The first-order chi connectivity index (χ1) is 12.0. The zero-order valence-electron chi connectivity index (χ0n) is 14.0. The highest BCUT2D eigenvalue weighted by Gasteiger charge is 2.14. The molecule has 0 unspecified atom stereocenters. The van der Waals surface area contributed by atoms with E-state index in [0.717, 1.165) is 16.9 Å². The standard InChI is InChI=1S/C18H18ClN3O2S/c1-3-12-8-14-17(25-12)20-10-22(18(14)24)9-16(23)21-11(2)13-6-4-5-7-15(13)19/h4-8,10-11H,3,9H2,1-2H3,(H,21,23)/t11-/m0/s1. The highest BCUT2D eigenvalue weighted by molar-refractivity contribution is 7.18. The number of aryl methyl sites for hydroxylation is 1. The first-order valence-electron chi connectivity index (χ1n) is 8.01. The Kier molecular flexibility index (Phi) is 5.20. The van der Waals surface area contributed by atoms with Crippen LogP contribution in [-0.4, -0.2) is 15.5 Å². The van der Waals surface area contributed by atoms with Crippen molar-refractivity contribution in [3.8, 4) is 0 Å². The SMILES string of the molecule is CCc1cc2c(=O)n(CC(=O)N[C@@H](C)c3ccccc3Cl)cnc2s1. The van der Waals surface area contributed by atoms with E-state index in [0.29, 0.717) is 15.2 Å². The van der Waals surface area contributed by atoms with Gasteiger partial charge in [0.05, 0.1) is 17.8 Å². The van der Waals surface area contributed by atoms with Gasteiger partial charge in [0.25, 0.3) is 5.56 Å². The maximum Gasteiger partial charge on any atom is 0.262 e. The molecule has 2 aromatic heterocycles. The van der Waals surface area contributed by atoms with Crippen LogP contribution in [0.2, 0.25) is 5.02 Å². The molecule has 0 fully saturated rings. The van der Waals surface area contributed by atoms with Crippen molar-refractivity contribution in [2.45, 2.75) is 32.9 Å². The fourth-order valence-electron chi connectivity index (χ4n) is 2.64. The number of fused-ring (bicyclic) bond motifs is 1. The van der Waals surface area contributed by atoms with Gasteiger partial charge in [-0.05, 0) is 31.0 Å². The lowest BCUT2D eigenvalue weighted by Crippen LogP contribution is -2.33. The van der Waals surface area contributed by atoms with Crippen molar-refractivity contribution in [1.29, 1.82) is 0 Å². The lowest BCUT2D eigenvalue weighted by molar-refractivity contribution is -0.122. The van der Waals surface area contributed by atoms with Crippen LogP contribution in [0.3, 0.4) is 0 Å². The van der Waals surface area contributed by atoms with Crippen LogP contribution in [0.15, 0.2) is 41.5 Å². The van der Waals surface area contributed by atoms with E-state index in [1.807, 2.05) is 38.1 Å². The maximum atomic E-state index is 12.5. The monoisotopic (exact) mass is 375 g/mol. The summed E-state index contributed by atoms with van der Waals surface area (Å²) in [6, 6.07) is 8.96. The van der Waals surface area contributed by atoms with Crippen molar-refractivity contribution < 1.29 is 4.79 Å². The Morgan fingerprint density at radius 3 is 2.88 bits per heavy atom. The Balaban J connectivity index is 1.77. The van der Waals surface area contributed by atoms with Crippen molar-refractivity contribution in [3.63, 3.8) is 0 Å². The van der Waals surface area contributed by atoms with Gasteiger partial charge in [0.2, 0.25) is 5.91 Å². The zero-order valence-corrected chi connectivity index (χ0v) is 15.5. The van der Waals surface area contributed by atoms with Gasteiger partial charge in [-0.2, -0.15) is 0 Å². The molecule has 0 spiro atoms. The summed E-state index contributed by atoms with van der Waals surface area (Å²) in [7, 11) is 0. The molecule has 0 saturated heterocycles. The first-order valence-corrected chi connectivity index (χ1v) is 9.20. The highest BCUT2D eigenvalue weighted by Crippen LogP contribution is 2.22. The Hall–Kier alpha value is -2.18. The normalized spacial score (nSPS) is 12.3. The summed E-state index contributed by atoms with van der Waals surface area (Å²) in [6.07, 6.45) is 2.29. The molecule has 3 rings (SSSR count). The van der Waals surface area contributed by atoms with Gasteiger partial charge in [-0.1, -0.05) is 36.7 Å². The lowest BCUT2D eigenvalue weighted by Gasteiger charge is -2.16. The molecular formula is C18H18ClN3O2S. The van der Waals surface area contributed by atoms with Gasteiger partial charge < -0.3 is 5.32 Å². The third kappa shape index (κ3) is 3.75. The third-order valence-corrected chi connectivity index (χ3v) is 5.51. The number of nitrogens with one attached hydrogen (secondary N) is 1. The number of carbonyl (C=O) groups excluding carboxylic acids is 1. The molecule has 1 aromatic carbocycles. The first kappa shape index (κ1) is 17.6. The molecule has 0 aliphatic carbocycles. The van der Waals surface area contributed by atoms with E-state index in [1.165, 1.54) is 22.2 Å². The molecule has 130 valence electrons. The number of hydrogen-bond donors (Lipinski definition) is 1. The predicted octanol–water partition coefficient (Wildman–Crippen LogP) is 3.55. The number of nitrogens with zero attached hydrogens (tertiary/aromatic N) is 2. The molecule has 1 atom stereocenters. The van der Waals surface area contributed by atoms with Crippen LogP contribution >= 0.6 is 22.9 Å². The average Bonchev–Trinajstić information content (AvgIpc) is 3.02. The third-order valence-electron chi connectivity index (χ3n) is 3.98. The topological polar surface area (TPSA) is 64.0 Å². The lowest BCUT2D eigenvalue weighted by atomic mass is 10.1.